The number of nitrogens with one attached hydrogen (secondary N) is 1. The van der Waals surface area contributed by atoms with Crippen LogP contribution >= 0.6 is 11.3 Å². The minimum absolute atomic E-state index is 0.279. The fraction of sp³-hybridized carbons (Fsp3) is 0.381. The summed E-state index contributed by atoms with van der Waals surface area (Å²) in [5.41, 5.74) is -1.48. The second-order valence-electron chi connectivity index (χ2n) is 7.84. The first-order chi connectivity index (χ1) is 15.1. The van der Waals surface area contributed by atoms with Crippen LogP contribution in [0.15, 0.2) is 41.8 Å². The number of halogens is 3. The van der Waals surface area contributed by atoms with Gasteiger partial charge in [-0.2, -0.15) is 13.2 Å². The van der Waals surface area contributed by atoms with Gasteiger partial charge in [0.2, 0.25) is 5.91 Å². The second kappa shape index (κ2) is 8.12. The number of carbonyl (C=O) groups is 3. The number of hydrogen-bond donors (Lipinski definition) is 1. The molecule has 2 aromatic rings. The van der Waals surface area contributed by atoms with E-state index >= 15 is 0 Å². The fourth-order valence-electron chi connectivity index (χ4n) is 3.90. The van der Waals surface area contributed by atoms with E-state index in [-0.39, 0.29) is 25.5 Å². The summed E-state index contributed by atoms with van der Waals surface area (Å²) in [4.78, 5) is 42.9. The van der Waals surface area contributed by atoms with E-state index in [0.29, 0.717) is 23.7 Å². The van der Waals surface area contributed by atoms with E-state index in [4.69, 9.17) is 0 Å². The largest absolute Gasteiger partial charge is 0.416 e. The number of benzene rings is 1. The number of rotatable bonds is 4. The second-order valence-corrected chi connectivity index (χ2v) is 8.79. The van der Waals surface area contributed by atoms with E-state index in [9.17, 15) is 27.6 Å². The number of urea groups is 1. The molecule has 0 saturated carbocycles. The van der Waals surface area contributed by atoms with Crippen molar-refractivity contribution >= 4 is 34.9 Å². The van der Waals surface area contributed by atoms with Crippen molar-refractivity contribution in [3.63, 3.8) is 0 Å². The van der Waals surface area contributed by atoms with E-state index in [1.54, 1.807) is 35.4 Å². The molecule has 1 unspecified atom stereocenters. The summed E-state index contributed by atoms with van der Waals surface area (Å²) in [7, 11) is 0. The van der Waals surface area contributed by atoms with E-state index in [0.717, 1.165) is 17.0 Å². The van der Waals surface area contributed by atoms with Gasteiger partial charge in [0, 0.05) is 36.7 Å². The standard InChI is InChI=1S/C21H21F3N4O3S/c1-20(16-6-3-11-32-16)18(30)28(19(31)25-20)13-17(29)27-9-7-26(8-10-27)15-5-2-4-14(12-15)21(22,23)24/h2-6,11-12H,7-10,13H2,1H3,(H,25,31). The third-order valence-corrected chi connectivity index (χ3v) is 6.84. The van der Waals surface area contributed by atoms with Crippen LogP contribution in [0.3, 0.4) is 0 Å². The third-order valence-electron chi connectivity index (χ3n) is 5.75. The van der Waals surface area contributed by atoms with Gasteiger partial charge in [0.05, 0.1) is 5.56 Å². The van der Waals surface area contributed by atoms with Crippen molar-refractivity contribution in [2.45, 2.75) is 18.6 Å². The zero-order chi connectivity index (χ0) is 23.1. The van der Waals surface area contributed by atoms with Crippen LogP contribution in [0, 0.1) is 0 Å². The Morgan fingerprint density at radius 1 is 1.12 bits per heavy atom. The maximum absolute atomic E-state index is 13.0. The summed E-state index contributed by atoms with van der Waals surface area (Å²) in [6.07, 6.45) is -4.42. The van der Waals surface area contributed by atoms with E-state index in [1.807, 2.05) is 0 Å². The monoisotopic (exact) mass is 466 g/mol. The van der Waals surface area contributed by atoms with Crippen molar-refractivity contribution in [2.24, 2.45) is 0 Å². The van der Waals surface area contributed by atoms with Crippen molar-refractivity contribution in [2.75, 3.05) is 37.6 Å². The molecule has 32 heavy (non-hydrogen) atoms. The number of thiophene rings is 1. The lowest BCUT2D eigenvalue weighted by atomic mass is 10.0. The number of hydrogen-bond acceptors (Lipinski definition) is 5. The van der Waals surface area contributed by atoms with Gasteiger partial charge in [-0.05, 0) is 36.6 Å². The predicted molar refractivity (Wildman–Crippen MR) is 112 cm³/mol. The van der Waals surface area contributed by atoms with Gasteiger partial charge in [-0.15, -0.1) is 11.3 Å². The molecule has 4 rings (SSSR count). The Bertz CT molecular complexity index is 1040. The highest BCUT2D eigenvalue weighted by atomic mass is 32.1. The number of piperazine rings is 1. The summed E-state index contributed by atoms with van der Waals surface area (Å²) < 4.78 is 38.9. The minimum atomic E-state index is -4.42. The van der Waals surface area contributed by atoms with Crippen LogP contribution in [0.4, 0.5) is 23.7 Å². The fourth-order valence-corrected chi connectivity index (χ4v) is 4.73. The highest BCUT2D eigenvalue weighted by molar-refractivity contribution is 7.10. The zero-order valence-electron chi connectivity index (χ0n) is 17.2. The number of nitrogens with zero attached hydrogens (tertiary/aromatic N) is 3. The van der Waals surface area contributed by atoms with Crippen LogP contribution in [-0.2, 0) is 21.3 Å². The highest BCUT2D eigenvalue weighted by Gasteiger charge is 2.50. The molecule has 3 heterocycles. The Kier molecular flexibility index (Phi) is 5.61. The number of carbonyl (C=O) groups excluding carboxylic acids is 3. The van der Waals surface area contributed by atoms with Gasteiger partial charge in [0.1, 0.15) is 6.54 Å². The number of alkyl halides is 3. The minimum Gasteiger partial charge on any atom is -0.368 e. The van der Waals surface area contributed by atoms with Gasteiger partial charge in [-0.1, -0.05) is 12.1 Å². The molecular weight excluding hydrogens is 445 g/mol. The van der Waals surface area contributed by atoms with Gasteiger partial charge in [-0.25, -0.2) is 4.79 Å². The summed E-state index contributed by atoms with van der Waals surface area (Å²) in [6.45, 7) is 2.48. The van der Waals surface area contributed by atoms with Crippen LogP contribution in [-0.4, -0.2) is 60.4 Å². The molecule has 2 aliphatic heterocycles. The van der Waals surface area contributed by atoms with Gasteiger partial charge < -0.3 is 15.1 Å². The molecule has 7 nitrogen and oxygen atoms in total. The molecule has 1 aromatic carbocycles. The maximum Gasteiger partial charge on any atom is 0.416 e. The van der Waals surface area contributed by atoms with Gasteiger partial charge in [0.25, 0.3) is 5.91 Å². The average Bonchev–Trinajstić information content (AvgIpc) is 3.38. The molecule has 4 amide bonds. The molecule has 11 heteroatoms. The van der Waals surface area contributed by atoms with Crippen molar-refractivity contribution < 1.29 is 27.6 Å². The molecule has 2 aliphatic rings. The van der Waals surface area contributed by atoms with Crippen molar-refractivity contribution in [1.82, 2.24) is 15.1 Å². The molecule has 2 saturated heterocycles. The molecule has 1 N–H and O–H groups in total. The first-order valence-electron chi connectivity index (χ1n) is 9.97. The topological polar surface area (TPSA) is 73.0 Å². The summed E-state index contributed by atoms with van der Waals surface area (Å²) >= 11 is 1.34. The maximum atomic E-state index is 13.0. The lowest BCUT2D eigenvalue weighted by Crippen LogP contribution is -2.52. The van der Waals surface area contributed by atoms with Gasteiger partial charge >= 0.3 is 12.2 Å². The quantitative estimate of drug-likeness (QED) is 0.704. The van der Waals surface area contributed by atoms with Gasteiger partial charge in [-0.3, -0.25) is 14.5 Å². The summed E-state index contributed by atoms with van der Waals surface area (Å²) in [5.74, 6) is -0.867. The molecule has 2 fully saturated rings. The van der Waals surface area contributed by atoms with E-state index < -0.39 is 29.2 Å². The lowest BCUT2D eigenvalue weighted by molar-refractivity contribution is -0.139. The Hall–Kier alpha value is -3.08. The van der Waals surface area contributed by atoms with E-state index in [2.05, 4.69) is 5.32 Å². The van der Waals surface area contributed by atoms with Crippen LogP contribution < -0.4 is 10.2 Å². The molecule has 0 aliphatic carbocycles. The molecule has 0 spiro atoms. The average molecular weight is 466 g/mol. The van der Waals surface area contributed by atoms with Crippen LogP contribution in [0.2, 0.25) is 0 Å². The normalized spacial score (nSPS) is 21.8. The van der Waals surface area contributed by atoms with Crippen LogP contribution in [0.1, 0.15) is 17.4 Å². The highest BCUT2D eigenvalue weighted by Crippen LogP contribution is 2.33. The SMILES string of the molecule is CC1(c2cccs2)NC(=O)N(CC(=O)N2CCN(c3cccc(C(F)(F)F)c3)CC2)C1=O. The molecule has 170 valence electrons. The molecule has 1 aromatic heterocycles. The molecule has 1 atom stereocenters. The number of amides is 4. The summed E-state index contributed by atoms with van der Waals surface area (Å²) in [5, 5.41) is 4.47. The van der Waals surface area contributed by atoms with Crippen LogP contribution in [0.25, 0.3) is 0 Å². The third kappa shape index (κ3) is 4.04. The molecule has 0 bridgehead atoms. The predicted octanol–water partition coefficient (Wildman–Crippen LogP) is 2.88. The number of imide groups is 1. The van der Waals surface area contributed by atoms with E-state index in [1.165, 1.54) is 22.3 Å². The van der Waals surface area contributed by atoms with Crippen molar-refractivity contribution in [3.05, 3.63) is 52.2 Å². The Morgan fingerprint density at radius 3 is 2.47 bits per heavy atom. The smallest absolute Gasteiger partial charge is 0.368 e. The first-order valence-corrected chi connectivity index (χ1v) is 10.9. The van der Waals surface area contributed by atoms with Crippen molar-refractivity contribution in [3.8, 4) is 0 Å². The van der Waals surface area contributed by atoms with Gasteiger partial charge in [0.15, 0.2) is 5.54 Å². The lowest BCUT2D eigenvalue weighted by Gasteiger charge is -2.36. The first kappa shape index (κ1) is 22.1. The Morgan fingerprint density at radius 2 is 1.84 bits per heavy atom. The Labute approximate surface area is 186 Å². The number of anilines is 1. The molecule has 0 radical (unpaired) electrons. The van der Waals surface area contributed by atoms with Crippen LogP contribution in [0.5, 0.6) is 0 Å². The molecular formula is C21H21F3N4O3S. The van der Waals surface area contributed by atoms with Crippen molar-refractivity contribution in [1.29, 1.82) is 0 Å². The Balaban J connectivity index is 1.37. The zero-order valence-corrected chi connectivity index (χ0v) is 18.0. The summed E-state index contributed by atoms with van der Waals surface area (Å²) in [6, 6.07) is 7.98.